The highest BCUT2D eigenvalue weighted by Gasteiger charge is 2.05. The van der Waals surface area contributed by atoms with Crippen LogP contribution in [0.5, 0.6) is 0 Å². The predicted octanol–water partition coefficient (Wildman–Crippen LogP) is 4.86. The monoisotopic (exact) mass is 342 g/mol. The first-order valence-electron chi connectivity index (χ1n) is 8.52. The van der Waals surface area contributed by atoms with Crippen LogP contribution >= 0.6 is 0 Å². The molecule has 0 aliphatic carbocycles. The average Bonchev–Trinajstić information content (AvgIpc) is 2.62. The molecule has 1 N–H and O–H groups in total. The van der Waals surface area contributed by atoms with E-state index in [1.165, 1.54) is 16.7 Å². The third-order valence-electron chi connectivity index (χ3n) is 3.46. The molecule has 4 heteroatoms. The normalized spacial score (nSPS) is 9.68. The van der Waals surface area contributed by atoms with Crippen molar-refractivity contribution >= 4 is 11.9 Å². The number of hydrogen-bond acceptors (Lipinski definition) is 3. The van der Waals surface area contributed by atoms with Crippen LogP contribution in [0.25, 0.3) is 11.1 Å². The second kappa shape index (κ2) is 11.8. The van der Waals surface area contributed by atoms with Gasteiger partial charge in [-0.1, -0.05) is 73.5 Å². The van der Waals surface area contributed by atoms with Crippen molar-refractivity contribution < 1.29 is 19.4 Å². The molecule has 0 aliphatic rings. The summed E-state index contributed by atoms with van der Waals surface area (Å²) in [4.78, 5) is 20.8. The van der Waals surface area contributed by atoms with Gasteiger partial charge in [0, 0.05) is 0 Å². The van der Waals surface area contributed by atoms with Crippen LogP contribution in [0.15, 0.2) is 54.6 Å². The molecule has 4 nitrogen and oxygen atoms in total. The molecule has 0 fully saturated rings. The Morgan fingerprint density at radius 1 is 0.920 bits per heavy atom. The van der Waals surface area contributed by atoms with Crippen molar-refractivity contribution in [3.05, 3.63) is 60.2 Å². The number of aliphatic carboxylic acids is 1. The van der Waals surface area contributed by atoms with Crippen molar-refractivity contribution in [2.75, 3.05) is 6.61 Å². The first-order chi connectivity index (χ1) is 12.0. The molecule has 0 atom stereocenters. The summed E-state index contributed by atoms with van der Waals surface area (Å²) in [6, 6.07) is 19.0. The van der Waals surface area contributed by atoms with E-state index in [0.717, 1.165) is 12.8 Å². The van der Waals surface area contributed by atoms with Gasteiger partial charge < -0.3 is 9.84 Å². The Balaban J connectivity index is 0.000000252. The van der Waals surface area contributed by atoms with Crippen LogP contribution in [0.2, 0.25) is 0 Å². The molecule has 2 aromatic rings. The highest BCUT2D eigenvalue weighted by Crippen LogP contribution is 2.18. The van der Waals surface area contributed by atoms with Gasteiger partial charge in [0.2, 0.25) is 0 Å². The average molecular weight is 342 g/mol. The Morgan fingerprint density at radius 3 is 2.08 bits per heavy atom. The van der Waals surface area contributed by atoms with Gasteiger partial charge in [0.1, 0.15) is 0 Å². The fraction of sp³-hybridized carbons (Fsp3) is 0.333. The Kier molecular flexibility index (Phi) is 9.68. The summed E-state index contributed by atoms with van der Waals surface area (Å²) in [5.74, 6) is -1.40. The fourth-order valence-corrected chi connectivity index (χ4v) is 1.99. The summed E-state index contributed by atoms with van der Waals surface area (Å²) in [6.07, 6.45) is 1.62. The lowest BCUT2D eigenvalue weighted by molar-refractivity contribution is -0.147. The molecule has 0 bridgehead atoms. The molecule has 0 aromatic heterocycles. The number of ether oxygens (including phenoxy) is 1. The summed E-state index contributed by atoms with van der Waals surface area (Å²) in [7, 11) is 0. The molecule has 0 saturated heterocycles. The van der Waals surface area contributed by atoms with Crippen LogP contribution in [0.1, 0.15) is 38.2 Å². The number of esters is 1. The second-order valence-corrected chi connectivity index (χ2v) is 5.70. The standard InChI is InChI=1S/C13H12.C8H14O4/c1-11-7-9-13(10-8-11)12-5-3-2-4-6-12;1-2-3-6-12-8(11)5-4-7(9)10/h2-10H,1H3;2-6H2,1H3,(H,9,10). The Hall–Kier alpha value is -2.62. The van der Waals surface area contributed by atoms with Crippen LogP contribution in [-0.4, -0.2) is 23.7 Å². The fourth-order valence-electron chi connectivity index (χ4n) is 1.99. The highest BCUT2D eigenvalue weighted by atomic mass is 16.5. The SMILES string of the molecule is CCCCOC(=O)CCC(=O)O.Cc1ccc(-c2ccccc2)cc1. The molecule has 0 aliphatic heterocycles. The van der Waals surface area contributed by atoms with Gasteiger partial charge in [-0.15, -0.1) is 0 Å². The van der Waals surface area contributed by atoms with Gasteiger partial charge >= 0.3 is 11.9 Å². The Morgan fingerprint density at radius 2 is 1.52 bits per heavy atom. The summed E-state index contributed by atoms with van der Waals surface area (Å²) < 4.78 is 4.73. The van der Waals surface area contributed by atoms with E-state index in [1.54, 1.807) is 0 Å². The third-order valence-corrected chi connectivity index (χ3v) is 3.46. The predicted molar refractivity (Wildman–Crippen MR) is 99.4 cm³/mol. The van der Waals surface area contributed by atoms with Crippen LogP contribution in [0.3, 0.4) is 0 Å². The van der Waals surface area contributed by atoms with Crippen molar-refractivity contribution in [2.45, 2.75) is 39.5 Å². The largest absolute Gasteiger partial charge is 0.481 e. The molecule has 2 rings (SSSR count). The molecule has 0 heterocycles. The van der Waals surface area contributed by atoms with Crippen LogP contribution in [0.4, 0.5) is 0 Å². The first kappa shape index (κ1) is 20.4. The molecule has 0 unspecified atom stereocenters. The van der Waals surface area contributed by atoms with E-state index in [1.807, 2.05) is 13.0 Å². The third kappa shape index (κ3) is 9.30. The number of rotatable bonds is 7. The molecule has 0 saturated carbocycles. The topological polar surface area (TPSA) is 63.6 Å². The molecule has 0 spiro atoms. The lowest BCUT2D eigenvalue weighted by Gasteiger charge is -2.01. The lowest BCUT2D eigenvalue weighted by Crippen LogP contribution is -2.08. The van der Waals surface area contributed by atoms with E-state index in [0.29, 0.717) is 6.61 Å². The minimum absolute atomic E-state index is 0.0287. The van der Waals surface area contributed by atoms with E-state index in [9.17, 15) is 9.59 Å². The minimum Gasteiger partial charge on any atom is -0.481 e. The number of unbranched alkanes of at least 4 members (excludes halogenated alkanes) is 1. The van der Waals surface area contributed by atoms with Crippen molar-refractivity contribution in [3.63, 3.8) is 0 Å². The van der Waals surface area contributed by atoms with E-state index in [4.69, 9.17) is 9.84 Å². The Bertz CT molecular complexity index is 633. The maximum absolute atomic E-state index is 10.7. The van der Waals surface area contributed by atoms with E-state index in [-0.39, 0.29) is 12.8 Å². The number of hydrogen-bond donors (Lipinski definition) is 1. The van der Waals surface area contributed by atoms with E-state index in [2.05, 4.69) is 55.5 Å². The van der Waals surface area contributed by atoms with Crippen LogP contribution in [-0.2, 0) is 14.3 Å². The molecular formula is C21H26O4. The maximum atomic E-state index is 10.7. The number of carboxylic acid groups (broad SMARTS) is 1. The number of carboxylic acids is 1. The summed E-state index contributed by atoms with van der Waals surface area (Å²) >= 11 is 0. The zero-order valence-corrected chi connectivity index (χ0v) is 14.9. The molecule has 25 heavy (non-hydrogen) atoms. The van der Waals surface area contributed by atoms with Gasteiger partial charge in [-0.2, -0.15) is 0 Å². The summed E-state index contributed by atoms with van der Waals surface area (Å²) in [5, 5.41) is 8.23. The van der Waals surface area contributed by atoms with Gasteiger partial charge in [-0.25, -0.2) is 0 Å². The molecular weight excluding hydrogens is 316 g/mol. The zero-order valence-electron chi connectivity index (χ0n) is 14.9. The number of carbonyl (C=O) groups excluding carboxylic acids is 1. The van der Waals surface area contributed by atoms with Gasteiger partial charge in [0.25, 0.3) is 0 Å². The number of carbonyl (C=O) groups is 2. The number of benzene rings is 2. The van der Waals surface area contributed by atoms with E-state index >= 15 is 0 Å². The minimum atomic E-state index is -0.970. The van der Waals surface area contributed by atoms with Crippen molar-refractivity contribution in [1.29, 1.82) is 0 Å². The lowest BCUT2D eigenvalue weighted by atomic mass is 10.0. The molecule has 0 amide bonds. The Labute approximate surface area is 149 Å². The highest BCUT2D eigenvalue weighted by molar-refractivity contribution is 5.76. The summed E-state index contributed by atoms with van der Waals surface area (Å²) in [5.41, 5.74) is 3.87. The summed E-state index contributed by atoms with van der Waals surface area (Å²) in [6.45, 7) is 4.49. The smallest absolute Gasteiger partial charge is 0.306 e. The van der Waals surface area contributed by atoms with Crippen molar-refractivity contribution in [2.24, 2.45) is 0 Å². The zero-order chi connectivity index (χ0) is 18.5. The van der Waals surface area contributed by atoms with Crippen molar-refractivity contribution in [3.8, 4) is 11.1 Å². The van der Waals surface area contributed by atoms with Gasteiger partial charge in [-0.3, -0.25) is 9.59 Å². The van der Waals surface area contributed by atoms with E-state index < -0.39 is 11.9 Å². The quantitative estimate of drug-likeness (QED) is 0.577. The van der Waals surface area contributed by atoms with Crippen molar-refractivity contribution in [1.82, 2.24) is 0 Å². The molecule has 0 radical (unpaired) electrons. The molecule has 2 aromatic carbocycles. The van der Waals surface area contributed by atoms with Gasteiger partial charge in [-0.05, 0) is 24.5 Å². The van der Waals surface area contributed by atoms with Crippen LogP contribution in [0, 0.1) is 6.92 Å². The maximum Gasteiger partial charge on any atom is 0.306 e. The molecule has 134 valence electrons. The first-order valence-corrected chi connectivity index (χ1v) is 8.52. The number of aryl methyl sites for hydroxylation is 1. The van der Waals surface area contributed by atoms with Gasteiger partial charge in [0.15, 0.2) is 0 Å². The second-order valence-electron chi connectivity index (χ2n) is 5.70. The van der Waals surface area contributed by atoms with Gasteiger partial charge in [0.05, 0.1) is 19.4 Å². The van der Waals surface area contributed by atoms with Crippen LogP contribution < -0.4 is 0 Å².